The first-order chi connectivity index (χ1) is 9.08. The molecule has 19 heavy (non-hydrogen) atoms. The molecule has 1 saturated carbocycles. The van der Waals surface area contributed by atoms with Gasteiger partial charge in [0.2, 0.25) is 5.91 Å². The number of rotatable bonds is 3. The first-order valence-corrected chi connectivity index (χ1v) is 7.53. The molecule has 1 N–H and O–H groups in total. The molecule has 0 spiro atoms. The van der Waals surface area contributed by atoms with Crippen molar-refractivity contribution in [2.45, 2.75) is 57.4 Å². The van der Waals surface area contributed by atoms with Gasteiger partial charge in [0.05, 0.1) is 0 Å². The molecule has 2 rings (SSSR count). The maximum atomic E-state index is 12.2. The number of hydrogen-bond donors (Lipinski definition) is 1. The second kappa shape index (κ2) is 6.42. The van der Waals surface area contributed by atoms with Gasteiger partial charge in [0.1, 0.15) is 5.38 Å². The van der Waals surface area contributed by atoms with Crippen molar-refractivity contribution < 1.29 is 4.79 Å². The van der Waals surface area contributed by atoms with Gasteiger partial charge >= 0.3 is 0 Å². The molecular formula is C16H22ClNO. The van der Waals surface area contributed by atoms with E-state index in [4.69, 9.17) is 11.6 Å². The largest absolute Gasteiger partial charge is 0.352 e. The average molecular weight is 280 g/mol. The highest BCUT2D eigenvalue weighted by molar-refractivity contribution is 6.30. The lowest BCUT2D eigenvalue weighted by Crippen LogP contribution is -2.38. The average Bonchev–Trinajstić information content (AvgIpc) is 2.39. The van der Waals surface area contributed by atoms with E-state index in [9.17, 15) is 4.79 Å². The Hall–Kier alpha value is -1.02. The third kappa shape index (κ3) is 3.73. The van der Waals surface area contributed by atoms with Crippen molar-refractivity contribution in [1.82, 2.24) is 5.32 Å². The fourth-order valence-electron chi connectivity index (χ4n) is 2.77. The predicted molar refractivity (Wildman–Crippen MR) is 79.5 cm³/mol. The minimum absolute atomic E-state index is 0.0551. The monoisotopic (exact) mass is 279 g/mol. The van der Waals surface area contributed by atoms with Crippen molar-refractivity contribution in [3.63, 3.8) is 0 Å². The number of carbonyl (C=O) groups excluding carboxylic acids is 1. The van der Waals surface area contributed by atoms with E-state index in [1.165, 1.54) is 24.8 Å². The Labute approximate surface area is 120 Å². The molecule has 104 valence electrons. The van der Waals surface area contributed by atoms with Crippen molar-refractivity contribution in [2.75, 3.05) is 0 Å². The number of carbonyl (C=O) groups is 1. The van der Waals surface area contributed by atoms with Crippen LogP contribution in [0.25, 0.3) is 0 Å². The number of benzene rings is 1. The highest BCUT2D eigenvalue weighted by atomic mass is 35.5. The molecule has 0 radical (unpaired) electrons. The van der Waals surface area contributed by atoms with Crippen LogP contribution in [0.4, 0.5) is 0 Å². The van der Waals surface area contributed by atoms with Gasteiger partial charge in [-0.25, -0.2) is 0 Å². The number of amides is 1. The summed E-state index contributed by atoms with van der Waals surface area (Å²) >= 11 is 6.32. The van der Waals surface area contributed by atoms with Crippen molar-refractivity contribution >= 4 is 17.5 Å². The molecule has 1 aliphatic carbocycles. The lowest BCUT2D eigenvalue weighted by molar-refractivity contribution is -0.121. The molecule has 3 heteroatoms. The molecule has 1 aliphatic rings. The van der Waals surface area contributed by atoms with Gasteiger partial charge in [-0.1, -0.05) is 43.0 Å². The Balaban J connectivity index is 2.01. The van der Waals surface area contributed by atoms with Crippen LogP contribution in [0.1, 0.15) is 54.2 Å². The number of alkyl halides is 1. The lowest BCUT2D eigenvalue weighted by atomic mass is 9.95. The fourth-order valence-corrected chi connectivity index (χ4v) is 3.08. The van der Waals surface area contributed by atoms with Gasteiger partial charge in [0.15, 0.2) is 0 Å². The molecule has 1 amide bonds. The molecule has 0 bridgehead atoms. The van der Waals surface area contributed by atoms with Crippen molar-refractivity contribution in [3.05, 3.63) is 34.9 Å². The summed E-state index contributed by atoms with van der Waals surface area (Å²) in [5.41, 5.74) is 3.19. The molecule has 0 aliphatic heterocycles. The van der Waals surface area contributed by atoms with Crippen LogP contribution in [-0.4, -0.2) is 11.9 Å². The van der Waals surface area contributed by atoms with Gasteiger partial charge in [-0.05, 0) is 37.8 Å². The van der Waals surface area contributed by atoms with E-state index in [1.807, 2.05) is 26.0 Å². The third-order valence-corrected chi connectivity index (χ3v) is 4.31. The zero-order valence-corrected chi connectivity index (χ0v) is 12.5. The summed E-state index contributed by atoms with van der Waals surface area (Å²) in [6, 6.07) is 6.35. The van der Waals surface area contributed by atoms with Crippen LogP contribution >= 0.6 is 11.6 Å². The van der Waals surface area contributed by atoms with Crippen LogP contribution in [0.5, 0.6) is 0 Å². The minimum atomic E-state index is -0.581. The maximum absolute atomic E-state index is 12.2. The molecule has 1 fully saturated rings. The molecular weight excluding hydrogens is 258 g/mol. The first kappa shape index (κ1) is 14.4. The van der Waals surface area contributed by atoms with E-state index in [2.05, 4.69) is 11.4 Å². The molecule has 0 saturated heterocycles. The highest BCUT2D eigenvalue weighted by Crippen LogP contribution is 2.26. The van der Waals surface area contributed by atoms with Gasteiger partial charge in [-0.15, -0.1) is 11.6 Å². The Bertz CT molecular complexity index is 452. The Morgan fingerprint density at radius 1 is 1.26 bits per heavy atom. The van der Waals surface area contributed by atoms with E-state index < -0.39 is 5.38 Å². The Morgan fingerprint density at radius 2 is 1.95 bits per heavy atom. The fraction of sp³-hybridized carbons (Fsp3) is 0.562. The molecule has 0 heterocycles. The number of halogens is 1. The van der Waals surface area contributed by atoms with Crippen LogP contribution in [0.15, 0.2) is 18.2 Å². The van der Waals surface area contributed by atoms with Gasteiger partial charge in [0, 0.05) is 6.04 Å². The maximum Gasteiger partial charge on any atom is 0.242 e. The molecule has 2 nitrogen and oxygen atoms in total. The van der Waals surface area contributed by atoms with Crippen molar-refractivity contribution in [1.29, 1.82) is 0 Å². The summed E-state index contributed by atoms with van der Waals surface area (Å²) in [4.78, 5) is 12.2. The third-order valence-electron chi connectivity index (χ3n) is 3.88. The normalized spacial score (nSPS) is 18.1. The standard InChI is InChI=1S/C16H22ClNO/c1-11-8-9-14(12(2)10-11)15(17)16(19)18-13-6-4-3-5-7-13/h8-10,13,15H,3-7H2,1-2H3,(H,18,19). The highest BCUT2D eigenvalue weighted by Gasteiger charge is 2.23. The summed E-state index contributed by atoms with van der Waals surface area (Å²) in [5.74, 6) is -0.0551. The van der Waals surface area contributed by atoms with Gasteiger partial charge in [0.25, 0.3) is 0 Å². The zero-order valence-electron chi connectivity index (χ0n) is 11.7. The van der Waals surface area contributed by atoms with Crippen LogP contribution in [0.2, 0.25) is 0 Å². The van der Waals surface area contributed by atoms with Crippen LogP contribution in [0.3, 0.4) is 0 Å². The summed E-state index contributed by atoms with van der Waals surface area (Å²) in [6.07, 6.45) is 5.88. The van der Waals surface area contributed by atoms with Gasteiger partial charge in [-0.2, -0.15) is 0 Å². The molecule has 1 atom stereocenters. The first-order valence-electron chi connectivity index (χ1n) is 7.09. The summed E-state index contributed by atoms with van der Waals surface area (Å²) in [5, 5.41) is 2.51. The number of aryl methyl sites for hydroxylation is 2. The molecule has 1 unspecified atom stereocenters. The van der Waals surface area contributed by atoms with E-state index in [0.717, 1.165) is 24.0 Å². The van der Waals surface area contributed by atoms with Crippen LogP contribution < -0.4 is 5.32 Å². The number of hydrogen-bond acceptors (Lipinski definition) is 1. The van der Waals surface area contributed by atoms with Crippen LogP contribution in [-0.2, 0) is 4.79 Å². The SMILES string of the molecule is Cc1ccc(C(Cl)C(=O)NC2CCCCC2)c(C)c1. The Kier molecular flexibility index (Phi) is 4.87. The van der Waals surface area contributed by atoms with Gasteiger partial charge in [-0.3, -0.25) is 4.79 Å². The van der Waals surface area contributed by atoms with E-state index in [-0.39, 0.29) is 5.91 Å². The smallest absolute Gasteiger partial charge is 0.242 e. The quantitative estimate of drug-likeness (QED) is 0.832. The van der Waals surface area contributed by atoms with Crippen molar-refractivity contribution in [2.24, 2.45) is 0 Å². The lowest BCUT2D eigenvalue weighted by Gasteiger charge is -2.24. The topological polar surface area (TPSA) is 29.1 Å². The van der Waals surface area contributed by atoms with E-state index >= 15 is 0 Å². The van der Waals surface area contributed by atoms with E-state index in [0.29, 0.717) is 6.04 Å². The summed E-state index contributed by atoms with van der Waals surface area (Å²) in [6.45, 7) is 4.05. The predicted octanol–water partition coefficient (Wildman–Crippen LogP) is 4.03. The summed E-state index contributed by atoms with van der Waals surface area (Å²) < 4.78 is 0. The molecule has 1 aromatic carbocycles. The van der Waals surface area contributed by atoms with Gasteiger partial charge < -0.3 is 5.32 Å². The summed E-state index contributed by atoms with van der Waals surface area (Å²) in [7, 11) is 0. The van der Waals surface area contributed by atoms with Crippen LogP contribution in [0, 0.1) is 13.8 Å². The second-order valence-corrected chi connectivity index (χ2v) is 6.00. The number of nitrogens with one attached hydrogen (secondary N) is 1. The zero-order chi connectivity index (χ0) is 13.8. The van der Waals surface area contributed by atoms with Crippen molar-refractivity contribution in [3.8, 4) is 0 Å². The minimum Gasteiger partial charge on any atom is -0.352 e. The molecule has 0 aromatic heterocycles. The second-order valence-electron chi connectivity index (χ2n) is 5.57. The Morgan fingerprint density at radius 3 is 2.58 bits per heavy atom. The molecule has 1 aromatic rings. The van der Waals surface area contributed by atoms with E-state index in [1.54, 1.807) is 0 Å².